The molecule has 0 aliphatic heterocycles. The summed E-state index contributed by atoms with van der Waals surface area (Å²) in [6.07, 6.45) is 4.01. The standard InChI is InChI=1S/C10H17N5O/c1-2-3-15(4-5-16)9-7-13-8(6-14-9)10(11)12/h6-7,16H,2-5H2,1H3,(H3,11,12). The van der Waals surface area contributed by atoms with E-state index >= 15 is 0 Å². The van der Waals surface area contributed by atoms with Crippen molar-refractivity contribution >= 4 is 11.7 Å². The molecule has 0 bridgehead atoms. The molecule has 1 heterocycles. The monoisotopic (exact) mass is 223 g/mol. The summed E-state index contributed by atoms with van der Waals surface area (Å²) >= 11 is 0. The van der Waals surface area contributed by atoms with E-state index in [4.69, 9.17) is 16.2 Å². The number of rotatable bonds is 6. The van der Waals surface area contributed by atoms with Crippen LogP contribution in [0.5, 0.6) is 0 Å². The fourth-order valence-corrected chi connectivity index (χ4v) is 1.36. The molecule has 6 nitrogen and oxygen atoms in total. The van der Waals surface area contributed by atoms with Crippen LogP contribution >= 0.6 is 0 Å². The van der Waals surface area contributed by atoms with Crippen LogP contribution in [0.15, 0.2) is 12.4 Å². The molecule has 0 radical (unpaired) electrons. The third-order valence-corrected chi connectivity index (χ3v) is 2.10. The van der Waals surface area contributed by atoms with Crippen LogP contribution in [-0.4, -0.2) is 40.6 Å². The highest BCUT2D eigenvalue weighted by Gasteiger charge is 2.07. The van der Waals surface area contributed by atoms with Gasteiger partial charge in [0.05, 0.1) is 19.0 Å². The topological polar surface area (TPSA) is 99.1 Å². The molecule has 1 rings (SSSR count). The minimum atomic E-state index is -0.0942. The van der Waals surface area contributed by atoms with Crippen LogP contribution in [0.1, 0.15) is 19.0 Å². The van der Waals surface area contributed by atoms with Gasteiger partial charge in [0, 0.05) is 13.1 Å². The second-order valence-corrected chi connectivity index (χ2v) is 3.38. The van der Waals surface area contributed by atoms with Crippen LogP contribution in [-0.2, 0) is 0 Å². The molecule has 0 aliphatic rings. The fourth-order valence-electron chi connectivity index (χ4n) is 1.36. The van der Waals surface area contributed by atoms with Crippen molar-refractivity contribution in [1.82, 2.24) is 9.97 Å². The van der Waals surface area contributed by atoms with Crippen LogP contribution in [0.4, 0.5) is 5.82 Å². The van der Waals surface area contributed by atoms with E-state index in [1.165, 1.54) is 6.20 Å². The number of nitrogens with one attached hydrogen (secondary N) is 1. The highest BCUT2D eigenvalue weighted by Crippen LogP contribution is 2.08. The van der Waals surface area contributed by atoms with Gasteiger partial charge in [0.25, 0.3) is 0 Å². The molecule has 0 saturated heterocycles. The predicted octanol–water partition coefficient (Wildman–Crippen LogP) is -0.0306. The SMILES string of the molecule is CCCN(CCO)c1cnc(C(=N)N)cn1. The van der Waals surface area contributed by atoms with Gasteiger partial charge in [0.15, 0.2) is 0 Å². The molecule has 0 fully saturated rings. The van der Waals surface area contributed by atoms with Gasteiger partial charge in [-0.05, 0) is 6.42 Å². The Balaban J connectivity index is 2.80. The van der Waals surface area contributed by atoms with Gasteiger partial charge in [-0.2, -0.15) is 0 Å². The van der Waals surface area contributed by atoms with Crippen molar-refractivity contribution in [2.24, 2.45) is 5.73 Å². The van der Waals surface area contributed by atoms with Crippen LogP contribution in [0.25, 0.3) is 0 Å². The lowest BCUT2D eigenvalue weighted by Crippen LogP contribution is -2.28. The number of hydrogen-bond donors (Lipinski definition) is 3. The molecule has 1 aromatic heterocycles. The summed E-state index contributed by atoms with van der Waals surface area (Å²) in [5.74, 6) is 0.601. The summed E-state index contributed by atoms with van der Waals surface area (Å²) in [5.41, 5.74) is 5.65. The number of nitrogens with two attached hydrogens (primary N) is 1. The Bertz CT molecular complexity index is 332. The minimum absolute atomic E-state index is 0.0795. The summed E-state index contributed by atoms with van der Waals surface area (Å²) in [7, 11) is 0. The zero-order valence-corrected chi connectivity index (χ0v) is 9.35. The predicted molar refractivity (Wildman–Crippen MR) is 62.6 cm³/mol. The average molecular weight is 223 g/mol. The Labute approximate surface area is 94.6 Å². The number of amidine groups is 1. The summed E-state index contributed by atoms with van der Waals surface area (Å²) in [5, 5.41) is 16.1. The third-order valence-electron chi connectivity index (χ3n) is 2.10. The average Bonchev–Trinajstić information content (AvgIpc) is 2.29. The molecule has 0 unspecified atom stereocenters. The quantitative estimate of drug-likeness (QED) is 0.464. The van der Waals surface area contributed by atoms with Crippen LogP contribution < -0.4 is 10.6 Å². The first-order chi connectivity index (χ1) is 7.69. The molecule has 0 aliphatic carbocycles. The zero-order valence-electron chi connectivity index (χ0n) is 9.35. The molecule has 0 aromatic carbocycles. The first kappa shape index (κ1) is 12.4. The van der Waals surface area contributed by atoms with E-state index in [0.29, 0.717) is 18.1 Å². The van der Waals surface area contributed by atoms with Crippen molar-refractivity contribution in [2.45, 2.75) is 13.3 Å². The lowest BCUT2D eigenvalue weighted by atomic mass is 10.4. The maximum atomic E-state index is 8.92. The van der Waals surface area contributed by atoms with Gasteiger partial charge in [0.1, 0.15) is 17.3 Å². The maximum Gasteiger partial charge on any atom is 0.147 e. The summed E-state index contributed by atoms with van der Waals surface area (Å²) in [6, 6.07) is 0. The molecular formula is C10H17N5O. The summed E-state index contributed by atoms with van der Waals surface area (Å²) < 4.78 is 0. The smallest absolute Gasteiger partial charge is 0.147 e. The van der Waals surface area contributed by atoms with Crippen molar-refractivity contribution in [3.63, 3.8) is 0 Å². The van der Waals surface area contributed by atoms with Gasteiger partial charge in [-0.15, -0.1) is 0 Å². The Hall–Kier alpha value is -1.69. The molecule has 16 heavy (non-hydrogen) atoms. The minimum Gasteiger partial charge on any atom is -0.395 e. The first-order valence-electron chi connectivity index (χ1n) is 5.21. The molecule has 0 atom stereocenters. The zero-order chi connectivity index (χ0) is 12.0. The van der Waals surface area contributed by atoms with Crippen molar-refractivity contribution in [1.29, 1.82) is 5.41 Å². The number of aromatic nitrogens is 2. The van der Waals surface area contributed by atoms with Crippen molar-refractivity contribution in [2.75, 3.05) is 24.6 Å². The van der Waals surface area contributed by atoms with Gasteiger partial charge < -0.3 is 15.7 Å². The molecule has 88 valence electrons. The number of nitrogen functional groups attached to an aromatic ring is 1. The van der Waals surface area contributed by atoms with E-state index in [-0.39, 0.29) is 12.4 Å². The van der Waals surface area contributed by atoms with E-state index < -0.39 is 0 Å². The molecule has 0 saturated carbocycles. The fraction of sp³-hybridized carbons (Fsp3) is 0.500. The Morgan fingerprint density at radius 2 is 2.19 bits per heavy atom. The van der Waals surface area contributed by atoms with Crippen LogP contribution in [0, 0.1) is 5.41 Å². The van der Waals surface area contributed by atoms with E-state index in [1.807, 2.05) is 4.90 Å². The molecular weight excluding hydrogens is 206 g/mol. The lowest BCUT2D eigenvalue weighted by molar-refractivity contribution is 0.301. The molecule has 1 aromatic rings. The van der Waals surface area contributed by atoms with E-state index in [1.54, 1.807) is 6.20 Å². The van der Waals surface area contributed by atoms with Crippen molar-refractivity contribution < 1.29 is 5.11 Å². The normalized spacial score (nSPS) is 10.1. The number of aliphatic hydroxyl groups excluding tert-OH is 1. The molecule has 0 spiro atoms. The van der Waals surface area contributed by atoms with Crippen LogP contribution in [0.2, 0.25) is 0 Å². The number of anilines is 1. The Morgan fingerprint density at radius 3 is 2.62 bits per heavy atom. The Morgan fingerprint density at radius 1 is 1.44 bits per heavy atom. The van der Waals surface area contributed by atoms with Crippen molar-refractivity contribution in [3.8, 4) is 0 Å². The van der Waals surface area contributed by atoms with Gasteiger partial charge in [-0.3, -0.25) is 5.41 Å². The van der Waals surface area contributed by atoms with E-state index in [0.717, 1.165) is 13.0 Å². The van der Waals surface area contributed by atoms with Gasteiger partial charge in [-0.1, -0.05) is 6.92 Å². The number of nitrogens with zero attached hydrogens (tertiary/aromatic N) is 3. The molecule has 6 heteroatoms. The Kier molecular flexibility index (Phi) is 4.65. The van der Waals surface area contributed by atoms with E-state index in [2.05, 4.69) is 16.9 Å². The second kappa shape index (κ2) is 6.02. The number of aliphatic hydroxyl groups is 1. The summed E-state index contributed by atoms with van der Waals surface area (Å²) in [6.45, 7) is 3.48. The largest absolute Gasteiger partial charge is 0.395 e. The lowest BCUT2D eigenvalue weighted by Gasteiger charge is -2.21. The first-order valence-corrected chi connectivity index (χ1v) is 5.21. The van der Waals surface area contributed by atoms with Gasteiger partial charge in [-0.25, -0.2) is 9.97 Å². The van der Waals surface area contributed by atoms with Gasteiger partial charge >= 0.3 is 0 Å². The maximum absolute atomic E-state index is 8.92. The van der Waals surface area contributed by atoms with Crippen molar-refractivity contribution in [3.05, 3.63) is 18.1 Å². The third kappa shape index (κ3) is 3.16. The molecule has 0 amide bonds. The highest BCUT2D eigenvalue weighted by molar-refractivity contribution is 5.92. The van der Waals surface area contributed by atoms with E-state index in [9.17, 15) is 0 Å². The molecule has 4 N–H and O–H groups in total. The van der Waals surface area contributed by atoms with Crippen LogP contribution in [0.3, 0.4) is 0 Å². The number of hydrogen-bond acceptors (Lipinski definition) is 5. The highest BCUT2D eigenvalue weighted by atomic mass is 16.3. The second-order valence-electron chi connectivity index (χ2n) is 3.38. The summed E-state index contributed by atoms with van der Waals surface area (Å²) in [4.78, 5) is 10.1. The van der Waals surface area contributed by atoms with Gasteiger partial charge in [0.2, 0.25) is 0 Å².